The van der Waals surface area contributed by atoms with Crippen molar-refractivity contribution in [2.24, 2.45) is 10.6 Å². The Balaban J connectivity index is 1.58. The number of hydrogen-bond acceptors (Lipinski definition) is 5. The van der Waals surface area contributed by atoms with Gasteiger partial charge in [0, 0.05) is 31.4 Å². The van der Waals surface area contributed by atoms with Crippen molar-refractivity contribution in [3.63, 3.8) is 0 Å². The number of carbonyl (C=O) groups excluding carboxylic acids is 1. The fourth-order valence-corrected chi connectivity index (χ4v) is 6.33. The van der Waals surface area contributed by atoms with E-state index in [4.69, 9.17) is 5.14 Å². The second-order valence-electron chi connectivity index (χ2n) is 9.67. The number of benzene rings is 1. The lowest BCUT2D eigenvalue weighted by molar-refractivity contribution is -0.139. The van der Waals surface area contributed by atoms with E-state index >= 15 is 0 Å². The first-order valence-electron chi connectivity index (χ1n) is 11.3. The monoisotopic (exact) mass is 489 g/mol. The van der Waals surface area contributed by atoms with Gasteiger partial charge in [-0.25, -0.2) is 13.6 Å². The van der Waals surface area contributed by atoms with Gasteiger partial charge in [0.15, 0.2) is 0 Å². The highest BCUT2D eigenvalue weighted by atomic mass is 32.2. The minimum Gasteiger partial charge on any atom is -0.393 e. The van der Waals surface area contributed by atoms with Crippen LogP contribution in [0.2, 0.25) is 0 Å². The maximum absolute atomic E-state index is 13.9. The van der Waals surface area contributed by atoms with E-state index in [2.05, 4.69) is 0 Å². The predicted molar refractivity (Wildman–Crippen MR) is 117 cm³/mol. The van der Waals surface area contributed by atoms with Crippen LogP contribution < -0.4 is 10.0 Å². The number of anilines is 1. The number of aliphatic hydroxyl groups excluding tert-OH is 1. The Morgan fingerprint density at radius 3 is 2.45 bits per heavy atom. The Morgan fingerprint density at radius 1 is 1.12 bits per heavy atom. The molecule has 1 spiro atoms. The second kappa shape index (κ2) is 8.74. The number of halogens is 3. The molecule has 2 saturated heterocycles. The van der Waals surface area contributed by atoms with Crippen molar-refractivity contribution in [3.05, 3.63) is 29.3 Å². The lowest BCUT2D eigenvalue weighted by atomic mass is 9.78. The zero-order valence-electron chi connectivity index (χ0n) is 18.4. The van der Waals surface area contributed by atoms with Gasteiger partial charge in [0.25, 0.3) is 0 Å². The number of carbonyl (C=O) groups is 1. The van der Waals surface area contributed by atoms with E-state index in [1.165, 1.54) is 12.1 Å². The van der Waals surface area contributed by atoms with Gasteiger partial charge < -0.3 is 14.9 Å². The lowest BCUT2D eigenvalue weighted by Crippen LogP contribution is -2.50. The van der Waals surface area contributed by atoms with E-state index in [1.807, 2.05) is 4.90 Å². The smallest absolute Gasteiger partial charge is 0.393 e. The lowest BCUT2D eigenvalue weighted by Gasteiger charge is -2.42. The van der Waals surface area contributed by atoms with Crippen molar-refractivity contribution in [1.82, 2.24) is 4.90 Å². The Labute approximate surface area is 191 Å². The highest BCUT2D eigenvalue weighted by Gasteiger charge is 2.51. The third-order valence-corrected chi connectivity index (χ3v) is 8.04. The summed E-state index contributed by atoms with van der Waals surface area (Å²) < 4.78 is 64.4. The maximum Gasteiger partial charge on any atom is 0.418 e. The first-order valence-corrected chi connectivity index (χ1v) is 13.0. The number of nitrogens with two attached hydrogens (primary N) is 1. The average Bonchev–Trinajstić information content (AvgIpc) is 3.02. The van der Waals surface area contributed by atoms with Crippen LogP contribution in [0.3, 0.4) is 0 Å². The zero-order valence-corrected chi connectivity index (χ0v) is 19.2. The largest absolute Gasteiger partial charge is 0.418 e. The molecule has 184 valence electrons. The van der Waals surface area contributed by atoms with Crippen LogP contribution in [0.25, 0.3) is 0 Å². The van der Waals surface area contributed by atoms with Crippen molar-refractivity contribution in [2.75, 3.05) is 24.5 Å². The molecule has 3 aliphatic rings. The van der Waals surface area contributed by atoms with E-state index < -0.39 is 32.9 Å². The fourth-order valence-electron chi connectivity index (χ4n) is 5.69. The number of likely N-dealkylation sites (tertiary alicyclic amines) is 1. The number of hydrogen-bond donors (Lipinski definition) is 2. The Hall–Kier alpha value is -1.85. The molecule has 0 aromatic heterocycles. The molecule has 0 bridgehead atoms. The van der Waals surface area contributed by atoms with Gasteiger partial charge in [-0.3, -0.25) is 4.79 Å². The van der Waals surface area contributed by atoms with Crippen molar-refractivity contribution in [1.29, 1.82) is 0 Å². The van der Waals surface area contributed by atoms with Crippen LogP contribution in [0.4, 0.5) is 18.9 Å². The molecule has 7 nitrogen and oxygen atoms in total. The quantitative estimate of drug-likeness (QED) is 0.677. The summed E-state index contributed by atoms with van der Waals surface area (Å²) in [5, 5.41) is 14.8. The molecule has 2 aliphatic heterocycles. The van der Waals surface area contributed by atoms with Crippen LogP contribution in [-0.2, 0) is 26.7 Å². The summed E-state index contributed by atoms with van der Waals surface area (Å²) in [7, 11) is -3.97. The summed E-state index contributed by atoms with van der Waals surface area (Å²) in [6.45, 7) is 1.18. The van der Waals surface area contributed by atoms with Crippen LogP contribution in [0.5, 0.6) is 0 Å². The third-order valence-electron chi connectivity index (χ3n) is 7.30. The first kappa shape index (κ1) is 24.3. The maximum atomic E-state index is 13.9. The van der Waals surface area contributed by atoms with Crippen molar-refractivity contribution < 1.29 is 31.5 Å². The number of nitrogens with zero attached hydrogens (tertiary/aromatic N) is 2. The summed E-state index contributed by atoms with van der Waals surface area (Å²) >= 11 is 0. The molecule has 3 fully saturated rings. The summed E-state index contributed by atoms with van der Waals surface area (Å²) in [6.07, 6.45) is -0.350. The molecule has 2 heterocycles. The fraction of sp³-hybridized carbons (Fsp3) is 0.682. The van der Waals surface area contributed by atoms with Gasteiger partial charge in [0.1, 0.15) is 0 Å². The van der Waals surface area contributed by atoms with Crippen molar-refractivity contribution in [2.45, 2.75) is 69.0 Å². The standard InChI is InChI=1S/C22H30F3N3O4S/c23-22(24,25)18-12-15(13-33(26,31)32)2-7-19(18)27-10-1-8-21(14-27)9-11-28(20(21)30)16-3-5-17(29)6-4-16/h2,7,12,16-17,29H,1,3-6,8-11,13-14H2,(H2,26,31,32)/t16?,17?,21-/m1/s1. The molecule has 3 N–H and O–H groups in total. The number of aliphatic hydroxyl groups is 1. The SMILES string of the molecule is NS(=O)(=O)Cc1ccc(N2CCC[C@@]3(CCN(C4CCC(O)CC4)C3=O)C2)c(C(F)(F)F)c1. The molecule has 33 heavy (non-hydrogen) atoms. The molecule has 1 aliphatic carbocycles. The van der Waals surface area contributed by atoms with Crippen LogP contribution in [0, 0.1) is 5.41 Å². The zero-order chi connectivity index (χ0) is 24.0. The molecular weight excluding hydrogens is 459 g/mol. The highest BCUT2D eigenvalue weighted by molar-refractivity contribution is 7.88. The van der Waals surface area contributed by atoms with E-state index in [0.717, 1.165) is 18.9 Å². The molecule has 1 amide bonds. The van der Waals surface area contributed by atoms with Crippen LogP contribution >= 0.6 is 0 Å². The van der Waals surface area contributed by atoms with Gasteiger partial charge in [-0.2, -0.15) is 13.2 Å². The molecule has 1 saturated carbocycles. The summed E-state index contributed by atoms with van der Waals surface area (Å²) in [5.41, 5.74) is -1.69. The molecule has 1 atom stereocenters. The van der Waals surface area contributed by atoms with Crippen LogP contribution in [0.15, 0.2) is 18.2 Å². The average molecular weight is 490 g/mol. The van der Waals surface area contributed by atoms with Gasteiger partial charge in [-0.15, -0.1) is 0 Å². The number of piperidine rings is 1. The summed E-state index contributed by atoms with van der Waals surface area (Å²) in [4.78, 5) is 17.0. The Bertz CT molecular complexity index is 1010. The number of sulfonamides is 1. The van der Waals surface area contributed by atoms with Gasteiger partial charge in [-0.05, 0) is 62.6 Å². The van der Waals surface area contributed by atoms with E-state index in [9.17, 15) is 31.5 Å². The van der Waals surface area contributed by atoms with Gasteiger partial charge >= 0.3 is 6.18 Å². The van der Waals surface area contributed by atoms with E-state index in [0.29, 0.717) is 45.2 Å². The van der Waals surface area contributed by atoms with Gasteiger partial charge in [0.2, 0.25) is 15.9 Å². The Morgan fingerprint density at radius 2 is 1.82 bits per heavy atom. The van der Waals surface area contributed by atoms with E-state index in [-0.39, 0.29) is 35.8 Å². The molecule has 11 heteroatoms. The third kappa shape index (κ3) is 5.14. The summed E-state index contributed by atoms with van der Waals surface area (Å²) in [6, 6.07) is 3.57. The molecule has 0 unspecified atom stereocenters. The van der Waals surface area contributed by atoms with Crippen molar-refractivity contribution in [3.8, 4) is 0 Å². The number of alkyl halides is 3. The molecule has 4 rings (SSSR count). The molecule has 1 aromatic carbocycles. The number of rotatable bonds is 4. The van der Waals surface area contributed by atoms with Crippen LogP contribution in [0.1, 0.15) is 56.1 Å². The second-order valence-corrected chi connectivity index (χ2v) is 11.3. The minimum atomic E-state index is -4.68. The van der Waals surface area contributed by atoms with Gasteiger partial charge in [-0.1, -0.05) is 6.07 Å². The van der Waals surface area contributed by atoms with E-state index in [1.54, 1.807) is 4.90 Å². The molecule has 1 aromatic rings. The normalized spacial score (nSPS) is 29.2. The number of primary sulfonamides is 1. The number of amides is 1. The first-order chi connectivity index (χ1) is 15.4. The van der Waals surface area contributed by atoms with Gasteiger partial charge in [0.05, 0.1) is 22.8 Å². The molecule has 0 radical (unpaired) electrons. The molecular formula is C22H30F3N3O4S. The minimum absolute atomic E-state index is 0.00740. The van der Waals surface area contributed by atoms with Crippen molar-refractivity contribution >= 4 is 21.6 Å². The predicted octanol–water partition coefficient (Wildman–Crippen LogP) is 2.62. The summed E-state index contributed by atoms with van der Waals surface area (Å²) in [5.74, 6) is -0.669. The Kier molecular flexibility index (Phi) is 6.43. The topological polar surface area (TPSA) is 104 Å². The highest BCUT2D eigenvalue weighted by Crippen LogP contribution is 2.45. The van der Waals surface area contributed by atoms with Crippen LogP contribution in [-0.4, -0.2) is 56.1 Å².